The Morgan fingerprint density at radius 3 is 3.06 bits per heavy atom. The van der Waals surface area contributed by atoms with Crippen LogP contribution >= 0.6 is 11.6 Å². The number of piperazine rings is 1. The van der Waals surface area contributed by atoms with E-state index in [1.807, 2.05) is 25.1 Å². The number of hydrogen-bond donors (Lipinski definition) is 2. The third-order valence-corrected chi connectivity index (χ3v) is 3.60. The van der Waals surface area contributed by atoms with Gasteiger partial charge >= 0.3 is 5.97 Å². The Labute approximate surface area is 112 Å². The number of hydrogen-bond acceptors (Lipinski definition) is 3. The normalized spacial score (nSPS) is 19.9. The number of carbonyl (C=O) groups is 1. The first-order valence-corrected chi connectivity index (χ1v) is 6.40. The first kappa shape index (κ1) is 13.2. The van der Waals surface area contributed by atoms with Crippen molar-refractivity contribution in [1.82, 2.24) is 5.32 Å². The van der Waals surface area contributed by atoms with Gasteiger partial charge in [0.05, 0.1) is 6.42 Å². The van der Waals surface area contributed by atoms with Gasteiger partial charge in [0.15, 0.2) is 0 Å². The van der Waals surface area contributed by atoms with Crippen LogP contribution < -0.4 is 10.2 Å². The molecule has 1 unspecified atom stereocenters. The summed E-state index contributed by atoms with van der Waals surface area (Å²) >= 11 is 6.12. The lowest BCUT2D eigenvalue weighted by Gasteiger charge is -2.34. The third kappa shape index (κ3) is 3.15. The highest BCUT2D eigenvalue weighted by Crippen LogP contribution is 2.24. The molecule has 98 valence electrons. The van der Waals surface area contributed by atoms with Gasteiger partial charge in [-0.2, -0.15) is 0 Å². The van der Waals surface area contributed by atoms with Crippen molar-refractivity contribution in [2.75, 3.05) is 24.5 Å². The molecule has 1 fully saturated rings. The molecule has 1 aliphatic heterocycles. The Balaban J connectivity index is 2.08. The molecular formula is C13H17ClN2O2. The first-order chi connectivity index (χ1) is 8.56. The van der Waals surface area contributed by atoms with Crippen molar-refractivity contribution in [2.45, 2.75) is 19.4 Å². The quantitative estimate of drug-likeness (QED) is 0.879. The second-order valence-electron chi connectivity index (χ2n) is 4.63. The van der Waals surface area contributed by atoms with Crippen molar-refractivity contribution in [3.8, 4) is 0 Å². The summed E-state index contributed by atoms with van der Waals surface area (Å²) in [6.07, 6.45) is 0.149. The lowest BCUT2D eigenvalue weighted by Crippen LogP contribution is -2.51. The number of aliphatic carboxylic acids is 1. The second-order valence-corrected chi connectivity index (χ2v) is 5.04. The largest absolute Gasteiger partial charge is 0.481 e. The molecule has 1 aliphatic rings. The molecule has 1 aromatic rings. The van der Waals surface area contributed by atoms with Gasteiger partial charge in [0, 0.05) is 36.4 Å². The number of nitrogens with zero attached hydrogens (tertiary/aromatic N) is 1. The molecule has 5 heteroatoms. The van der Waals surface area contributed by atoms with Gasteiger partial charge in [0.2, 0.25) is 0 Å². The fraction of sp³-hybridized carbons (Fsp3) is 0.462. The molecule has 0 spiro atoms. The van der Waals surface area contributed by atoms with Crippen LogP contribution in [0.5, 0.6) is 0 Å². The number of carboxylic acids is 1. The average Bonchev–Trinajstić information content (AvgIpc) is 2.32. The van der Waals surface area contributed by atoms with Crippen molar-refractivity contribution in [3.05, 3.63) is 28.8 Å². The molecule has 2 N–H and O–H groups in total. The van der Waals surface area contributed by atoms with Gasteiger partial charge in [-0.15, -0.1) is 0 Å². The summed E-state index contributed by atoms with van der Waals surface area (Å²) in [4.78, 5) is 12.9. The van der Waals surface area contributed by atoms with Crippen molar-refractivity contribution < 1.29 is 9.90 Å². The van der Waals surface area contributed by atoms with E-state index in [-0.39, 0.29) is 12.5 Å². The summed E-state index contributed by atoms with van der Waals surface area (Å²) in [5.41, 5.74) is 2.11. The molecule has 1 atom stereocenters. The highest BCUT2D eigenvalue weighted by molar-refractivity contribution is 6.31. The van der Waals surface area contributed by atoms with Crippen LogP contribution in [0.2, 0.25) is 5.02 Å². The maximum absolute atomic E-state index is 10.7. The summed E-state index contributed by atoms with van der Waals surface area (Å²) in [7, 11) is 0. The van der Waals surface area contributed by atoms with E-state index in [1.165, 1.54) is 0 Å². The Morgan fingerprint density at radius 2 is 2.39 bits per heavy atom. The summed E-state index contributed by atoms with van der Waals surface area (Å²) in [5.74, 6) is -0.767. The fourth-order valence-electron chi connectivity index (χ4n) is 2.19. The van der Waals surface area contributed by atoms with Crippen LogP contribution in [-0.2, 0) is 4.79 Å². The molecule has 0 radical (unpaired) electrons. The molecule has 0 aliphatic carbocycles. The lowest BCUT2D eigenvalue weighted by molar-refractivity contribution is -0.137. The third-order valence-electron chi connectivity index (χ3n) is 3.20. The summed E-state index contributed by atoms with van der Waals surface area (Å²) < 4.78 is 0. The van der Waals surface area contributed by atoms with Crippen LogP contribution in [0.15, 0.2) is 18.2 Å². The molecule has 0 aromatic heterocycles. The summed E-state index contributed by atoms with van der Waals surface area (Å²) in [6.45, 7) is 4.34. The molecule has 1 saturated heterocycles. The first-order valence-electron chi connectivity index (χ1n) is 6.02. The number of halogens is 1. The smallest absolute Gasteiger partial charge is 0.304 e. The van der Waals surface area contributed by atoms with E-state index in [4.69, 9.17) is 16.7 Å². The zero-order valence-electron chi connectivity index (χ0n) is 10.3. The van der Waals surface area contributed by atoms with Crippen LogP contribution in [0.4, 0.5) is 5.69 Å². The van der Waals surface area contributed by atoms with Crippen molar-refractivity contribution in [1.29, 1.82) is 0 Å². The Morgan fingerprint density at radius 1 is 1.61 bits per heavy atom. The Bertz CT molecular complexity index is 451. The summed E-state index contributed by atoms with van der Waals surface area (Å²) in [6, 6.07) is 5.97. The van der Waals surface area contributed by atoms with Gasteiger partial charge in [-0.05, 0) is 24.6 Å². The maximum atomic E-state index is 10.7. The number of benzene rings is 1. The van der Waals surface area contributed by atoms with Gasteiger partial charge in [-0.25, -0.2) is 0 Å². The van der Waals surface area contributed by atoms with E-state index in [1.54, 1.807) is 0 Å². The number of aryl methyl sites for hydroxylation is 1. The molecule has 18 heavy (non-hydrogen) atoms. The molecular weight excluding hydrogens is 252 g/mol. The van der Waals surface area contributed by atoms with Crippen molar-refractivity contribution in [2.24, 2.45) is 0 Å². The molecule has 4 nitrogen and oxygen atoms in total. The predicted molar refractivity (Wildman–Crippen MR) is 72.4 cm³/mol. The van der Waals surface area contributed by atoms with Gasteiger partial charge < -0.3 is 15.3 Å². The van der Waals surface area contributed by atoms with Crippen molar-refractivity contribution >= 4 is 23.3 Å². The van der Waals surface area contributed by atoms with Crippen LogP contribution in [0, 0.1) is 6.92 Å². The topological polar surface area (TPSA) is 52.6 Å². The molecule has 0 saturated carbocycles. The lowest BCUT2D eigenvalue weighted by atomic mass is 10.1. The monoisotopic (exact) mass is 268 g/mol. The highest BCUT2D eigenvalue weighted by Gasteiger charge is 2.21. The van der Waals surface area contributed by atoms with Crippen LogP contribution in [-0.4, -0.2) is 36.8 Å². The van der Waals surface area contributed by atoms with Gasteiger partial charge in [-0.1, -0.05) is 17.7 Å². The Hall–Kier alpha value is -1.26. The van der Waals surface area contributed by atoms with E-state index in [0.717, 1.165) is 29.4 Å². The molecule has 1 heterocycles. The second kappa shape index (κ2) is 5.59. The van der Waals surface area contributed by atoms with Crippen LogP contribution in [0.25, 0.3) is 0 Å². The van der Waals surface area contributed by atoms with Gasteiger partial charge in [0.25, 0.3) is 0 Å². The van der Waals surface area contributed by atoms with Crippen LogP contribution in [0.3, 0.4) is 0 Å². The fourth-order valence-corrected chi connectivity index (χ4v) is 2.36. The number of anilines is 1. The van der Waals surface area contributed by atoms with E-state index in [2.05, 4.69) is 10.2 Å². The van der Waals surface area contributed by atoms with Crippen molar-refractivity contribution in [3.63, 3.8) is 0 Å². The standard InChI is InChI=1S/C13H17ClN2O2/c1-9-2-3-11(7-12(9)14)16-5-4-15-10(8-16)6-13(17)18/h2-3,7,10,15H,4-6,8H2,1H3,(H,17,18). The van der Waals surface area contributed by atoms with Gasteiger partial charge in [0.1, 0.15) is 0 Å². The van der Waals surface area contributed by atoms with Crippen LogP contribution in [0.1, 0.15) is 12.0 Å². The predicted octanol–water partition coefficient (Wildman–Crippen LogP) is 1.90. The van der Waals surface area contributed by atoms with Gasteiger partial charge in [-0.3, -0.25) is 4.79 Å². The summed E-state index contributed by atoms with van der Waals surface area (Å²) in [5, 5.41) is 12.8. The average molecular weight is 269 g/mol. The number of carboxylic acid groups (broad SMARTS) is 1. The minimum absolute atomic E-state index is 0.00340. The molecule has 0 amide bonds. The maximum Gasteiger partial charge on any atom is 0.304 e. The highest BCUT2D eigenvalue weighted by atomic mass is 35.5. The Kier molecular flexibility index (Phi) is 4.09. The molecule has 2 rings (SSSR count). The number of nitrogens with one attached hydrogen (secondary N) is 1. The zero-order valence-corrected chi connectivity index (χ0v) is 11.1. The van der Waals surface area contributed by atoms with E-state index in [0.29, 0.717) is 6.54 Å². The van der Waals surface area contributed by atoms with E-state index >= 15 is 0 Å². The van der Waals surface area contributed by atoms with E-state index < -0.39 is 5.97 Å². The minimum atomic E-state index is -0.767. The number of rotatable bonds is 3. The van der Waals surface area contributed by atoms with E-state index in [9.17, 15) is 4.79 Å². The minimum Gasteiger partial charge on any atom is -0.481 e. The molecule has 0 bridgehead atoms. The zero-order chi connectivity index (χ0) is 13.1. The SMILES string of the molecule is Cc1ccc(N2CCNC(CC(=O)O)C2)cc1Cl. The molecule has 1 aromatic carbocycles.